The fourth-order valence-electron chi connectivity index (χ4n) is 4.69. The second-order valence-electron chi connectivity index (χ2n) is 10.5. The van der Waals surface area contributed by atoms with E-state index in [1.807, 2.05) is 43.9 Å². The summed E-state index contributed by atoms with van der Waals surface area (Å²) in [7, 11) is 3.19. The highest BCUT2D eigenvalue weighted by molar-refractivity contribution is 6.02. The minimum Gasteiger partial charge on any atom is -0.493 e. The van der Waals surface area contributed by atoms with Gasteiger partial charge in [-0.2, -0.15) is 0 Å². The van der Waals surface area contributed by atoms with Crippen LogP contribution in [0, 0.1) is 0 Å². The van der Waals surface area contributed by atoms with Crippen LogP contribution in [0.25, 0.3) is 0 Å². The van der Waals surface area contributed by atoms with Gasteiger partial charge < -0.3 is 38.6 Å². The number of carbonyl (C=O) groups excluding carboxylic acids is 2. The van der Waals surface area contributed by atoms with Gasteiger partial charge in [-0.15, -0.1) is 5.10 Å². The minimum atomic E-state index is -0.550. The Morgan fingerprint density at radius 2 is 1.60 bits per heavy atom. The molecular weight excluding hydrogens is 518 g/mol. The molecule has 1 saturated heterocycles. The lowest BCUT2D eigenvalue weighted by molar-refractivity contribution is 0.0240. The summed E-state index contributed by atoms with van der Waals surface area (Å²) < 4.78 is 22.0. The molecule has 2 aliphatic heterocycles. The summed E-state index contributed by atoms with van der Waals surface area (Å²) in [5, 5.41) is 10.9. The maximum Gasteiger partial charge on any atom is 0.410 e. The van der Waals surface area contributed by atoms with E-state index in [-0.39, 0.29) is 18.0 Å². The molecule has 0 radical (unpaired) electrons. The highest BCUT2D eigenvalue weighted by Crippen LogP contribution is 2.36. The second kappa shape index (κ2) is 10.9. The highest BCUT2D eigenvalue weighted by atomic mass is 16.6. The first-order valence-corrected chi connectivity index (χ1v) is 13.0. The SMILES string of the molecule is COc1cc2c(cc1OC)CN(c1nnc(C(=O)Nc3cnccc3N3CCN(C(=O)OC(C)(C)C)CC3)o1)C2. The number of hydrogen-bond donors (Lipinski definition) is 1. The molecule has 13 nitrogen and oxygen atoms in total. The average Bonchev–Trinajstić information content (AvgIpc) is 3.59. The van der Waals surface area contributed by atoms with Crippen molar-refractivity contribution in [1.82, 2.24) is 20.1 Å². The molecule has 212 valence electrons. The number of anilines is 3. The molecule has 1 aromatic carbocycles. The van der Waals surface area contributed by atoms with Gasteiger partial charge in [-0.3, -0.25) is 9.78 Å². The van der Waals surface area contributed by atoms with Gasteiger partial charge in [0.2, 0.25) is 0 Å². The van der Waals surface area contributed by atoms with Crippen LogP contribution in [0.1, 0.15) is 42.6 Å². The topological polar surface area (TPSA) is 135 Å². The lowest BCUT2D eigenvalue weighted by Crippen LogP contribution is -2.50. The number of benzene rings is 1. The standard InChI is InChI=1S/C27H33N7O6/c1-27(2,3)40-26(36)33-10-8-32(9-11-33)20-6-7-28-14-19(20)29-23(35)24-30-31-25(39-24)34-15-17-12-21(37-4)22(38-5)13-18(17)16-34/h6-7,12-14H,8-11,15-16H2,1-5H3,(H,29,35). The van der Waals surface area contributed by atoms with E-state index in [1.165, 1.54) is 0 Å². The van der Waals surface area contributed by atoms with Gasteiger partial charge in [-0.05, 0) is 50.1 Å². The Balaban J connectivity index is 1.23. The summed E-state index contributed by atoms with van der Waals surface area (Å²) in [6.07, 6.45) is 2.90. The Morgan fingerprint density at radius 3 is 2.20 bits per heavy atom. The Labute approximate surface area is 232 Å². The van der Waals surface area contributed by atoms with Crippen molar-refractivity contribution in [2.75, 3.05) is 55.5 Å². The first kappa shape index (κ1) is 27.0. The fraction of sp³-hybridized carbons (Fsp3) is 0.444. The number of nitrogens with one attached hydrogen (secondary N) is 1. The van der Waals surface area contributed by atoms with Crippen molar-refractivity contribution in [3.8, 4) is 11.5 Å². The smallest absolute Gasteiger partial charge is 0.410 e. The summed E-state index contributed by atoms with van der Waals surface area (Å²) in [4.78, 5) is 35.3. The van der Waals surface area contributed by atoms with E-state index in [0.717, 1.165) is 16.8 Å². The predicted molar refractivity (Wildman–Crippen MR) is 146 cm³/mol. The number of pyridine rings is 1. The molecule has 2 aromatic heterocycles. The van der Waals surface area contributed by atoms with Gasteiger partial charge in [-0.1, -0.05) is 5.10 Å². The van der Waals surface area contributed by atoms with Crippen LogP contribution in [0.4, 0.5) is 22.2 Å². The molecular formula is C27H33N7O6. The molecule has 0 saturated carbocycles. The van der Waals surface area contributed by atoms with Crippen molar-refractivity contribution in [3.63, 3.8) is 0 Å². The Hall–Kier alpha value is -4.55. The van der Waals surface area contributed by atoms with E-state index in [9.17, 15) is 9.59 Å². The quantitative estimate of drug-likeness (QED) is 0.483. The Bertz CT molecular complexity index is 1360. The molecule has 0 aliphatic carbocycles. The van der Waals surface area contributed by atoms with Crippen molar-refractivity contribution in [2.24, 2.45) is 0 Å². The van der Waals surface area contributed by atoms with Crippen molar-refractivity contribution >= 4 is 29.4 Å². The number of nitrogens with zero attached hydrogens (tertiary/aromatic N) is 6. The first-order valence-electron chi connectivity index (χ1n) is 13.0. The summed E-state index contributed by atoms with van der Waals surface area (Å²) in [5.74, 6) is 0.588. The second-order valence-corrected chi connectivity index (χ2v) is 10.5. The molecule has 13 heteroatoms. The molecule has 4 heterocycles. The van der Waals surface area contributed by atoms with Crippen LogP contribution in [0.2, 0.25) is 0 Å². The number of rotatable bonds is 6. The molecule has 0 atom stereocenters. The van der Waals surface area contributed by atoms with Gasteiger partial charge in [-0.25, -0.2) is 4.79 Å². The van der Waals surface area contributed by atoms with Crippen LogP contribution >= 0.6 is 0 Å². The molecule has 0 bridgehead atoms. The largest absolute Gasteiger partial charge is 0.493 e. The van der Waals surface area contributed by atoms with E-state index in [0.29, 0.717) is 56.5 Å². The molecule has 2 amide bonds. The third-order valence-electron chi connectivity index (χ3n) is 6.63. The van der Waals surface area contributed by atoms with Crippen LogP contribution in [-0.2, 0) is 17.8 Å². The van der Waals surface area contributed by atoms with Crippen LogP contribution in [-0.4, -0.2) is 78.1 Å². The van der Waals surface area contributed by atoms with E-state index in [4.69, 9.17) is 18.6 Å². The third kappa shape index (κ3) is 5.72. The molecule has 1 N–H and O–H groups in total. The van der Waals surface area contributed by atoms with Crippen LogP contribution in [0.15, 0.2) is 35.0 Å². The number of aromatic nitrogens is 3. The van der Waals surface area contributed by atoms with E-state index >= 15 is 0 Å². The van der Waals surface area contributed by atoms with Gasteiger partial charge >= 0.3 is 23.9 Å². The van der Waals surface area contributed by atoms with E-state index in [1.54, 1.807) is 31.5 Å². The van der Waals surface area contributed by atoms with E-state index < -0.39 is 11.5 Å². The maximum absolute atomic E-state index is 13.1. The number of amides is 2. The normalized spacial score (nSPS) is 15.1. The molecule has 2 aliphatic rings. The van der Waals surface area contributed by atoms with Crippen LogP contribution in [0.5, 0.6) is 11.5 Å². The lowest BCUT2D eigenvalue weighted by Gasteiger charge is -2.37. The first-order chi connectivity index (χ1) is 19.1. The predicted octanol–water partition coefficient (Wildman–Crippen LogP) is 3.31. The van der Waals surface area contributed by atoms with E-state index in [2.05, 4.69) is 25.4 Å². The lowest BCUT2D eigenvalue weighted by atomic mass is 10.1. The van der Waals surface area contributed by atoms with Gasteiger partial charge in [0.1, 0.15) is 5.60 Å². The van der Waals surface area contributed by atoms with Crippen molar-refractivity contribution in [2.45, 2.75) is 39.5 Å². The van der Waals surface area contributed by atoms with Crippen LogP contribution in [0.3, 0.4) is 0 Å². The summed E-state index contributed by atoms with van der Waals surface area (Å²) in [5.41, 5.74) is 2.84. The molecule has 0 spiro atoms. The summed E-state index contributed by atoms with van der Waals surface area (Å²) in [6, 6.07) is 5.91. The number of hydrogen-bond acceptors (Lipinski definition) is 11. The maximum atomic E-state index is 13.1. The fourth-order valence-corrected chi connectivity index (χ4v) is 4.69. The Morgan fingerprint density at radius 1 is 0.950 bits per heavy atom. The number of ether oxygens (including phenoxy) is 3. The highest BCUT2D eigenvalue weighted by Gasteiger charge is 2.29. The third-order valence-corrected chi connectivity index (χ3v) is 6.63. The molecule has 40 heavy (non-hydrogen) atoms. The Kier molecular flexibility index (Phi) is 7.37. The molecule has 5 rings (SSSR count). The molecule has 3 aromatic rings. The monoisotopic (exact) mass is 551 g/mol. The number of carbonyl (C=O) groups is 2. The number of piperazine rings is 1. The zero-order valence-corrected chi connectivity index (χ0v) is 23.3. The van der Waals surface area contributed by atoms with Gasteiger partial charge in [0.05, 0.1) is 31.8 Å². The number of methoxy groups -OCH3 is 2. The molecule has 1 fully saturated rings. The molecule has 0 unspecified atom stereocenters. The minimum absolute atomic E-state index is 0.161. The summed E-state index contributed by atoms with van der Waals surface area (Å²) in [6.45, 7) is 8.72. The van der Waals surface area contributed by atoms with Crippen LogP contribution < -0.4 is 24.6 Å². The van der Waals surface area contributed by atoms with Crippen molar-refractivity contribution in [3.05, 3.63) is 47.6 Å². The van der Waals surface area contributed by atoms with Crippen molar-refractivity contribution < 1.29 is 28.2 Å². The van der Waals surface area contributed by atoms with Gasteiger partial charge in [0.25, 0.3) is 0 Å². The van der Waals surface area contributed by atoms with Gasteiger partial charge in [0.15, 0.2) is 11.5 Å². The average molecular weight is 552 g/mol. The van der Waals surface area contributed by atoms with Crippen molar-refractivity contribution in [1.29, 1.82) is 0 Å². The number of fused-ring (bicyclic) bond motifs is 1. The zero-order valence-electron chi connectivity index (χ0n) is 23.3. The zero-order chi connectivity index (χ0) is 28.4. The van der Waals surface area contributed by atoms with Gasteiger partial charge in [0, 0.05) is 45.5 Å². The summed E-state index contributed by atoms with van der Waals surface area (Å²) >= 11 is 0.